The summed E-state index contributed by atoms with van der Waals surface area (Å²) in [6.07, 6.45) is -0.835. The van der Waals surface area contributed by atoms with Crippen LogP contribution in [0, 0.1) is 0 Å². The number of carboxylic acid groups (broad SMARTS) is 1. The van der Waals surface area contributed by atoms with Crippen LogP contribution in [0.25, 0.3) is 0 Å². The predicted octanol–water partition coefficient (Wildman–Crippen LogP) is 2.31. The smallest absolute Gasteiger partial charge is 0.493 e. The van der Waals surface area contributed by atoms with E-state index in [1.807, 2.05) is 6.92 Å². The largest absolute Gasteiger partial charge is 0.513 e. The third-order valence-electron chi connectivity index (χ3n) is 1.75. The van der Waals surface area contributed by atoms with E-state index in [9.17, 15) is 9.59 Å². The molecule has 1 aromatic rings. The molecule has 0 radical (unpaired) electrons. The Labute approximate surface area is 92.6 Å². The average molecular weight is 224 g/mol. The van der Waals surface area contributed by atoms with Gasteiger partial charge in [0.15, 0.2) is 0 Å². The van der Waals surface area contributed by atoms with E-state index in [4.69, 9.17) is 9.84 Å². The molecule has 0 aromatic heterocycles. The summed E-state index contributed by atoms with van der Waals surface area (Å²) in [5.74, 6) is -0.602. The molecule has 0 saturated heterocycles. The summed E-state index contributed by atoms with van der Waals surface area (Å²) in [6.45, 7) is 2.38. The van der Waals surface area contributed by atoms with E-state index in [-0.39, 0.29) is 5.56 Å². The van der Waals surface area contributed by atoms with Crippen LogP contribution in [0.5, 0.6) is 5.75 Å². The highest BCUT2D eigenvalue weighted by Crippen LogP contribution is 2.19. The molecule has 5 heteroatoms. The second-order valence-corrected chi connectivity index (χ2v) is 3.00. The summed E-state index contributed by atoms with van der Waals surface area (Å²) in [7, 11) is 0. The van der Waals surface area contributed by atoms with E-state index in [1.54, 1.807) is 18.2 Å². The number of esters is 1. The lowest BCUT2D eigenvalue weighted by Gasteiger charge is -2.08. The molecule has 0 aliphatic carbocycles. The van der Waals surface area contributed by atoms with Crippen LogP contribution in [0.15, 0.2) is 24.3 Å². The maximum Gasteiger partial charge on any atom is 0.513 e. The van der Waals surface area contributed by atoms with Gasteiger partial charge in [0, 0.05) is 0 Å². The average Bonchev–Trinajstić information content (AvgIpc) is 2.25. The molecule has 86 valence electrons. The van der Waals surface area contributed by atoms with E-state index in [0.29, 0.717) is 12.4 Å². The van der Waals surface area contributed by atoms with Crippen LogP contribution in [0.3, 0.4) is 0 Å². The van der Waals surface area contributed by atoms with Crippen LogP contribution in [0.2, 0.25) is 0 Å². The van der Waals surface area contributed by atoms with Crippen LogP contribution >= 0.6 is 0 Å². The van der Waals surface area contributed by atoms with Crippen molar-refractivity contribution in [3.8, 4) is 5.75 Å². The Morgan fingerprint density at radius 3 is 2.62 bits per heavy atom. The second kappa shape index (κ2) is 5.75. The zero-order valence-corrected chi connectivity index (χ0v) is 8.80. The zero-order chi connectivity index (χ0) is 12.0. The highest BCUT2D eigenvalue weighted by atomic mass is 16.7. The van der Waals surface area contributed by atoms with Crippen molar-refractivity contribution < 1.29 is 24.2 Å². The fraction of sp³-hybridized carbons (Fsp3) is 0.273. The molecule has 0 atom stereocenters. The summed E-state index contributed by atoms with van der Waals surface area (Å²) in [6, 6.07) is 6.35. The summed E-state index contributed by atoms with van der Waals surface area (Å²) < 4.78 is 9.35. The molecule has 0 bridgehead atoms. The van der Waals surface area contributed by atoms with Gasteiger partial charge in [-0.3, -0.25) is 0 Å². The van der Waals surface area contributed by atoms with Crippen LogP contribution in [0.4, 0.5) is 4.79 Å². The van der Waals surface area contributed by atoms with Gasteiger partial charge in [0.2, 0.25) is 0 Å². The Bertz CT molecular complexity index is 386. The first-order chi connectivity index (χ1) is 7.65. The molecule has 0 saturated carbocycles. The van der Waals surface area contributed by atoms with E-state index in [2.05, 4.69) is 4.74 Å². The second-order valence-electron chi connectivity index (χ2n) is 3.00. The van der Waals surface area contributed by atoms with E-state index >= 15 is 0 Å². The van der Waals surface area contributed by atoms with Gasteiger partial charge in [-0.2, -0.15) is 0 Å². The normalized spacial score (nSPS) is 9.56. The topological polar surface area (TPSA) is 72.8 Å². The van der Waals surface area contributed by atoms with Gasteiger partial charge in [-0.05, 0) is 18.6 Å². The van der Waals surface area contributed by atoms with Gasteiger partial charge in [0.25, 0.3) is 0 Å². The Morgan fingerprint density at radius 2 is 2.00 bits per heavy atom. The molecule has 0 fully saturated rings. The van der Waals surface area contributed by atoms with Crippen LogP contribution < -0.4 is 4.74 Å². The summed E-state index contributed by atoms with van der Waals surface area (Å²) in [5, 5.41) is 8.33. The quantitative estimate of drug-likeness (QED) is 0.627. The SMILES string of the molecule is CCCOc1ccccc1C(=O)OC(=O)O. The van der Waals surface area contributed by atoms with Gasteiger partial charge in [0.1, 0.15) is 11.3 Å². The number of benzene rings is 1. The van der Waals surface area contributed by atoms with Crippen molar-refractivity contribution in [1.29, 1.82) is 0 Å². The number of ether oxygens (including phenoxy) is 2. The number of hydrogen-bond acceptors (Lipinski definition) is 4. The lowest BCUT2D eigenvalue weighted by Crippen LogP contribution is -2.12. The molecule has 5 nitrogen and oxygen atoms in total. The van der Waals surface area contributed by atoms with E-state index in [1.165, 1.54) is 6.07 Å². The first-order valence-corrected chi connectivity index (χ1v) is 4.82. The Hall–Kier alpha value is -2.04. The van der Waals surface area contributed by atoms with Crippen molar-refractivity contribution in [2.24, 2.45) is 0 Å². The fourth-order valence-corrected chi connectivity index (χ4v) is 1.11. The summed E-state index contributed by atoms with van der Waals surface area (Å²) in [4.78, 5) is 21.6. The number of carbonyl (C=O) groups is 2. The molecular formula is C11H12O5. The minimum Gasteiger partial charge on any atom is -0.493 e. The van der Waals surface area contributed by atoms with Crippen molar-refractivity contribution in [3.05, 3.63) is 29.8 Å². The van der Waals surface area contributed by atoms with Gasteiger partial charge in [0.05, 0.1) is 6.61 Å². The Morgan fingerprint density at radius 1 is 1.31 bits per heavy atom. The molecule has 0 heterocycles. The maximum atomic E-state index is 11.4. The van der Waals surface area contributed by atoms with Gasteiger partial charge < -0.3 is 14.6 Å². The third-order valence-corrected chi connectivity index (χ3v) is 1.75. The monoisotopic (exact) mass is 224 g/mol. The van der Waals surface area contributed by atoms with Crippen LogP contribution in [-0.2, 0) is 4.74 Å². The molecule has 0 unspecified atom stereocenters. The highest BCUT2D eigenvalue weighted by molar-refractivity contribution is 5.97. The van der Waals surface area contributed by atoms with Crippen molar-refractivity contribution in [2.45, 2.75) is 13.3 Å². The predicted molar refractivity (Wildman–Crippen MR) is 55.7 cm³/mol. The number of rotatable bonds is 4. The standard InChI is InChI=1S/C11H12O5/c1-2-7-15-9-6-4-3-5-8(9)10(12)16-11(13)14/h3-6H,2,7H2,1H3,(H,13,14). The molecule has 1 N–H and O–H groups in total. The molecule has 1 aromatic carbocycles. The van der Waals surface area contributed by atoms with Crippen molar-refractivity contribution >= 4 is 12.1 Å². The number of hydrogen-bond donors (Lipinski definition) is 1. The lowest BCUT2D eigenvalue weighted by atomic mass is 10.2. The molecule has 16 heavy (non-hydrogen) atoms. The molecule has 0 spiro atoms. The molecule has 0 amide bonds. The summed E-state index contributed by atoms with van der Waals surface area (Å²) >= 11 is 0. The molecule has 1 rings (SSSR count). The van der Waals surface area contributed by atoms with Crippen LogP contribution in [0.1, 0.15) is 23.7 Å². The molecule has 0 aliphatic heterocycles. The maximum absolute atomic E-state index is 11.4. The minimum atomic E-state index is -1.63. The molecule has 0 aliphatic rings. The van der Waals surface area contributed by atoms with Crippen molar-refractivity contribution in [3.63, 3.8) is 0 Å². The van der Waals surface area contributed by atoms with Crippen molar-refractivity contribution in [2.75, 3.05) is 6.61 Å². The van der Waals surface area contributed by atoms with Gasteiger partial charge in [-0.1, -0.05) is 19.1 Å². The highest BCUT2D eigenvalue weighted by Gasteiger charge is 2.16. The van der Waals surface area contributed by atoms with Gasteiger partial charge in [-0.15, -0.1) is 0 Å². The molecular weight excluding hydrogens is 212 g/mol. The minimum absolute atomic E-state index is 0.110. The van der Waals surface area contributed by atoms with Crippen LogP contribution in [-0.4, -0.2) is 23.8 Å². The van der Waals surface area contributed by atoms with E-state index < -0.39 is 12.1 Å². The summed E-state index contributed by atoms with van der Waals surface area (Å²) in [5.41, 5.74) is 0.110. The zero-order valence-electron chi connectivity index (χ0n) is 8.80. The van der Waals surface area contributed by atoms with Crippen molar-refractivity contribution in [1.82, 2.24) is 0 Å². The fourth-order valence-electron chi connectivity index (χ4n) is 1.11. The number of para-hydroxylation sites is 1. The number of carbonyl (C=O) groups excluding carboxylic acids is 1. The third kappa shape index (κ3) is 3.27. The van der Waals surface area contributed by atoms with Gasteiger partial charge >= 0.3 is 12.1 Å². The van der Waals surface area contributed by atoms with E-state index in [0.717, 1.165) is 6.42 Å². The lowest BCUT2D eigenvalue weighted by molar-refractivity contribution is 0.0505. The van der Waals surface area contributed by atoms with Gasteiger partial charge in [-0.25, -0.2) is 9.59 Å². The Balaban J connectivity index is 2.85. The Kier molecular flexibility index (Phi) is 4.32. The first-order valence-electron chi connectivity index (χ1n) is 4.82. The first kappa shape index (κ1) is 12.0.